The minimum absolute atomic E-state index is 0.102. The minimum Gasteiger partial charge on any atom is -0.496 e. The van der Waals surface area contributed by atoms with Gasteiger partial charge in [0.05, 0.1) is 32.9 Å². The number of nitrogens with zero attached hydrogens (tertiary/aromatic N) is 1. The summed E-state index contributed by atoms with van der Waals surface area (Å²) in [7, 11) is 1.57. The van der Waals surface area contributed by atoms with E-state index in [2.05, 4.69) is 20.9 Å². The number of ether oxygens (including phenoxy) is 2. The summed E-state index contributed by atoms with van der Waals surface area (Å²) in [5.41, 5.74) is 1.05. The van der Waals surface area contributed by atoms with Crippen LogP contribution in [-0.4, -0.2) is 92.0 Å². The molecule has 2 aromatic rings. The average Bonchev–Trinajstić information content (AvgIpc) is 3.54. The van der Waals surface area contributed by atoms with Crippen LogP contribution in [0.3, 0.4) is 0 Å². The van der Waals surface area contributed by atoms with Gasteiger partial charge < -0.3 is 30.4 Å². The Morgan fingerprint density at radius 3 is 2.59 bits per heavy atom. The van der Waals surface area contributed by atoms with Crippen molar-refractivity contribution in [2.45, 2.75) is 45.2 Å². The maximum absolute atomic E-state index is 13.5. The number of ketones is 1. The number of aromatic nitrogens is 1. The molecule has 0 spiro atoms. The van der Waals surface area contributed by atoms with Crippen molar-refractivity contribution in [2.24, 2.45) is 11.8 Å². The molecule has 11 heteroatoms. The number of carbonyl (C=O) groups is 4. The lowest BCUT2D eigenvalue weighted by atomic mass is 9.94. The lowest BCUT2D eigenvalue weighted by Crippen LogP contribution is -2.54. The summed E-state index contributed by atoms with van der Waals surface area (Å²) in [6.45, 7) is 7.03. The highest BCUT2D eigenvalue weighted by Crippen LogP contribution is 2.26. The van der Waals surface area contributed by atoms with Gasteiger partial charge in [-0.25, -0.2) is 0 Å². The van der Waals surface area contributed by atoms with Crippen molar-refractivity contribution in [3.63, 3.8) is 0 Å². The summed E-state index contributed by atoms with van der Waals surface area (Å²) in [4.78, 5) is 57.5. The van der Waals surface area contributed by atoms with Crippen LogP contribution in [-0.2, 0) is 19.1 Å². The first kappa shape index (κ1) is 28.6. The van der Waals surface area contributed by atoms with E-state index in [9.17, 15) is 19.2 Å². The molecule has 39 heavy (non-hydrogen) atoms. The van der Waals surface area contributed by atoms with Gasteiger partial charge in [-0.2, -0.15) is 0 Å². The predicted octanol–water partition coefficient (Wildman–Crippen LogP) is 1.23. The smallest absolute Gasteiger partial charge is 0.268 e. The second kappa shape index (κ2) is 13.1. The molecule has 3 atom stereocenters. The van der Waals surface area contributed by atoms with Gasteiger partial charge in [0, 0.05) is 36.5 Å². The van der Waals surface area contributed by atoms with Crippen LogP contribution in [0, 0.1) is 11.8 Å². The Balaban J connectivity index is 1.49. The number of rotatable bonds is 12. The molecule has 2 saturated heterocycles. The summed E-state index contributed by atoms with van der Waals surface area (Å²) >= 11 is 0. The molecule has 212 valence electrons. The number of Topliss-reactive ketones (excluding diaryl/α,β-unsaturated/α-hetero) is 1. The number of methoxy groups -OCH3 is 1. The first-order chi connectivity index (χ1) is 18.7. The van der Waals surface area contributed by atoms with Crippen LogP contribution in [0.1, 0.15) is 43.6 Å². The normalized spacial score (nSPS) is 19.5. The maximum Gasteiger partial charge on any atom is 0.268 e. The van der Waals surface area contributed by atoms with Crippen molar-refractivity contribution >= 4 is 34.4 Å². The number of H-pyrrole nitrogens is 1. The van der Waals surface area contributed by atoms with Gasteiger partial charge in [-0.3, -0.25) is 24.1 Å². The topological polar surface area (TPSA) is 142 Å². The summed E-state index contributed by atoms with van der Waals surface area (Å²) in [5.74, 6) is -0.728. The van der Waals surface area contributed by atoms with Crippen molar-refractivity contribution in [1.82, 2.24) is 25.8 Å². The van der Waals surface area contributed by atoms with Crippen LogP contribution >= 0.6 is 0 Å². The van der Waals surface area contributed by atoms with E-state index in [0.717, 1.165) is 10.9 Å². The van der Waals surface area contributed by atoms with E-state index >= 15 is 0 Å². The average molecular weight is 542 g/mol. The summed E-state index contributed by atoms with van der Waals surface area (Å²) in [6.07, 6.45) is 1.23. The summed E-state index contributed by atoms with van der Waals surface area (Å²) in [5, 5.41) is 9.30. The number of amides is 3. The molecule has 0 radical (unpaired) electrons. The van der Waals surface area contributed by atoms with Gasteiger partial charge in [0.25, 0.3) is 5.91 Å². The number of carbonyl (C=O) groups excluding carboxylic acids is 4. The molecule has 1 aromatic heterocycles. The van der Waals surface area contributed by atoms with E-state index in [4.69, 9.17) is 9.47 Å². The molecular formula is C28H39N5O6. The van der Waals surface area contributed by atoms with Gasteiger partial charge in [0.1, 0.15) is 17.5 Å². The fourth-order valence-electron chi connectivity index (χ4n) is 5.15. The third-order valence-corrected chi connectivity index (χ3v) is 7.29. The second-order valence-electron chi connectivity index (χ2n) is 10.7. The molecule has 0 saturated carbocycles. The molecule has 1 aromatic carbocycles. The van der Waals surface area contributed by atoms with Crippen molar-refractivity contribution in [3.8, 4) is 5.75 Å². The van der Waals surface area contributed by atoms with Gasteiger partial charge in [-0.15, -0.1) is 0 Å². The first-order valence-electron chi connectivity index (χ1n) is 13.6. The lowest BCUT2D eigenvalue weighted by Gasteiger charge is -2.29. The third kappa shape index (κ3) is 7.36. The number of aromatic amines is 1. The number of hydrogen-bond acceptors (Lipinski definition) is 7. The highest BCUT2D eigenvalue weighted by atomic mass is 16.5. The highest BCUT2D eigenvalue weighted by molar-refractivity contribution is 6.02. The van der Waals surface area contributed by atoms with Crippen LogP contribution in [0.15, 0.2) is 24.3 Å². The molecule has 3 heterocycles. The molecule has 0 bridgehead atoms. The molecule has 0 aliphatic carbocycles. The fraction of sp³-hybridized carbons (Fsp3) is 0.571. The van der Waals surface area contributed by atoms with Gasteiger partial charge in [-0.1, -0.05) is 19.9 Å². The van der Waals surface area contributed by atoms with Crippen molar-refractivity contribution in [1.29, 1.82) is 0 Å². The Labute approximate surface area is 228 Å². The number of nitrogens with one attached hydrogen (secondary N) is 4. The predicted molar refractivity (Wildman–Crippen MR) is 145 cm³/mol. The minimum atomic E-state index is -0.859. The standard InChI is InChI=1S/C28H39N5O6/c1-17(2)13-22(32-28(37)23-15-19-20(30-23)5-4-6-25(19)38-3)27(36)31-21(14-18-7-8-29-26(18)35)24(34)16-33-9-11-39-12-10-33/h4-6,15,17-18,21-22,30H,7-14,16H2,1-3H3,(H,29,35)(H,31,36)(H,32,37)/t18-,21-,22-/m0/s1. The SMILES string of the molecule is COc1cccc2[nH]c(C(=O)N[C@@H](CC(C)C)C(=O)N[C@@H](C[C@@H]3CCNC3=O)C(=O)CN3CCOCC3)cc12. The molecule has 2 fully saturated rings. The quantitative estimate of drug-likeness (QED) is 0.317. The maximum atomic E-state index is 13.5. The Morgan fingerprint density at radius 2 is 1.92 bits per heavy atom. The van der Waals surface area contributed by atoms with Crippen LogP contribution < -0.4 is 20.7 Å². The van der Waals surface area contributed by atoms with Crippen LogP contribution in [0.5, 0.6) is 5.75 Å². The summed E-state index contributed by atoms with van der Waals surface area (Å²) < 4.78 is 10.8. The molecule has 4 N–H and O–H groups in total. The molecule has 3 amide bonds. The zero-order chi connectivity index (χ0) is 27.9. The summed E-state index contributed by atoms with van der Waals surface area (Å²) in [6, 6.07) is 5.48. The van der Waals surface area contributed by atoms with Crippen LogP contribution in [0.2, 0.25) is 0 Å². The van der Waals surface area contributed by atoms with E-state index in [0.29, 0.717) is 57.1 Å². The molecule has 0 unspecified atom stereocenters. The van der Waals surface area contributed by atoms with E-state index in [1.807, 2.05) is 36.9 Å². The van der Waals surface area contributed by atoms with Gasteiger partial charge in [0.2, 0.25) is 11.8 Å². The molecule has 2 aliphatic heterocycles. The number of morpholine rings is 1. The van der Waals surface area contributed by atoms with E-state index in [1.165, 1.54) is 0 Å². The third-order valence-electron chi connectivity index (χ3n) is 7.29. The van der Waals surface area contributed by atoms with Crippen molar-refractivity contribution in [3.05, 3.63) is 30.0 Å². The number of benzene rings is 1. The van der Waals surface area contributed by atoms with E-state index in [1.54, 1.807) is 13.2 Å². The van der Waals surface area contributed by atoms with Crippen LogP contribution in [0.25, 0.3) is 10.9 Å². The van der Waals surface area contributed by atoms with Gasteiger partial charge >= 0.3 is 0 Å². The zero-order valence-corrected chi connectivity index (χ0v) is 22.9. The molecule has 4 rings (SSSR count). The first-order valence-corrected chi connectivity index (χ1v) is 13.6. The zero-order valence-electron chi connectivity index (χ0n) is 22.9. The van der Waals surface area contributed by atoms with Crippen LogP contribution in [0.4, 0.5) is 0 Å². The molecule has 11 nitrogen and oxygen atoms in total. The Hall–Kier alpha value is -3.44. The Morgan fingerprint density at radius 1 is 1.15 bits per heavy atom. The number of hydrogen-bond donors (Lipinski definition) is 4. The second-order valence-corrected chi connectivity index (χ2v) is 10.7. The Kier molecular flexibility index (Phi) is 9.58. The molecular weight excluding hydrogens is 502 g/mol. The van der Waals surface area contributed by atoms with E-state index in [-0.39, 0.29) is 36.5 Å². The van der Waals surface area contributed by atoms with Crippen molar-refractivity contribution < 1.29 is 28.7 Å². The Bertz CT molecular complexity index is 1190. The van der Waals surface area contributed by atoms with Gasteiger partial charge in [-0.05, 0) is 43.4 Å². The van der Waals surface area contributed by atoms with Gasteiger partial charge in [0.15, 0.2) is 5.78 Å². The largest absolute Gasteiger partial charge is 0.496 e. The molecule has 2 aliphatic rings. The number of fused-ring (bicyclic) bond motifs is 1. The lowest BCUT2D eigenvalue weighted by molar-refractivity contribution is -0.131. The fourth-order valence-corrected chi connectivity index (χ4v) is 5.15. The monoisotopic (exact) mass is 541 g/mol. The van der Waals surface area contributed by atoms with E-state index < -0.39 is 23.9 Å². The van der Waals surface area contributed by atoms with Crippen molar-refractivity contribution in [2.75, 3.05) is 46.5 Å². The highest BCUT2D eigenvalue weighted by Gasteiger charge is 2.34.